The fraction of sp³-hybridized carbons (Fsp3) is 0.455. The first-order valence-electron chi connectivity index (χ1n) is 5.14. The van der Waals surface area contributed by atoms with Crippen LogP contribution in [0.25, 0.3) is 0 Å². The zero-order valence-electron chi connectivity index (χ0n) is 9.60. The van der Waals surface area contributed by atoms with Crippen LogP contribution in [0.1, 0.15) is 37.3 Å². The molecule has 1 heterocycles. The number of carbonyl (C=O) groups is 2. The topological polar surface area (TPSA) is 71.3 Å². The summed E-state index contributed by atoms with van der Waals surface area (Å²) in [5.41, 5.74) is 0.475. The Morgan fingerprint density at radius 2 is 2.00 bits per heavy atom. The van der Waals surface area contributed by atoms with Crippen LogP contribution in [0.15, 0.2) is 18.3 Å². The van der Waals surface area contributed by atoms with E-state index in [4.69, 9.17) is 5.11 Å². The van der Waals surface area contributed by atoms with Gasteiger partial charge in [0.25, 0.3) is 5.91 Å². The van der Waals surface area contributed by atoms with E-state index in [1.165, 1.54) is 6.92 Å². The molecular formula is C11H16N2O3. The molecule has 1 aromatic heterocycles. The van der Waals surface area contributed by atoms with Crippen molar-refractivity contribution in [2.75, 3.05) is 0 Å². The van der Waals surface area contributed by atoms with Gasteiger partial charge in [-0.25, -0.2) is 0 Å². The zero-order chi connectivity index (χ0) is 12.3. The van der Waals surface area contributed by atoms with Gasteiger partial charge in [0.05, 0.1) is 0 Å². The predicted octanol–water partition coefficient (Wildman–Crippen LogP) is 1.27. The monoisotopic (exact) mass is 224 g/mol. The minimum atomic E-state index is -1.05. The van der Waals surface area contributed by atoms with Crippen molar-refractivity contribution in [2.24, 2.45) is 0 Å². The van der Waals surface area contributed by atoms with Crippen LogP contribution in [0, 0.1) is 0 Å². The smallest absolute Gasteiger partial charge is 0.325 e. The molecule has 0 radical (unpaired) electrons. The number of hydrogen-bond acceptors (Lipinski definition) is 2. The summed E-state index contributed by atoms with van der Waals surface area (Å²) >= 11 is 0. The fourth-order valence-corrected chi connectivity index (χ4v) is 1.37. The van der Waals surface area contributed by atoms with Crippen LogP contribution in [-0.2, 0) is 4.79 Å². The number of nitrogens with zero attached hydrogens (tertiary/aromatic N) is 1. The van der Waals surface area contributed by atoms with Crippen molar-refractivity contribution in [1.82, 2.24) is 9.88 Å². The van der Waals surface area contributed by atoms with Gasteiger partial charge in [0, 0.05) is 12.2 Å². The molecule has 0 fully saturated rings. The maximum Gasteiger partial charge on any atom is 0.325 e. The lowest BCUT2D eigenvalue weighted by Gasteiger charge is -2.14. The van der Waals surface area contributed by atoms with E-state index in [2.05, 4.69) is 5.32 Å². The highest BCUT2D eigenvalue weighted by atomic mass is 16.4. The molecule has 88 valence electrons. The summed E-state index contributed by atoms with van der Waals surface area (Å²) in [5.74, 6) is -1.41. The highest BCUT2D eigenvalue weighted by Crippen LogP contribution is 2.10. The van der Waals surface area contributed by atoms with Gasteiger partial charge in [0.15, 0.2) is 0 Å². The molecule has 5 heteroatoms. The summed E-state index contributed by atoms with van der Waals surface area (Å²) in [6, 6.07) is 2.71. The van der Waals surface area contributed by atoms with Gasteiger partial charge in [-0.15, -0.1) is 0 Å². The average Bonchev–Trinajstić information content (AvgIpc) is 2.65. The lowest BCUT2D eigenvalue weighted by molar-refractivity contribution is -0.138. The van der Waals surface area contributed by atoms with Crippen LogP contribution in [0.5, 0.6) is 0 Å². The van der Waals surface area contributed by atoms with Crippen molar-refractivity contribution >= 4 is 11.9 Å². The highest BCUT2D eigenvalue weighted by molar-refractivity contribution is 5.95. The van der Waals surface area contributed by atoms with Gasteiger partial charge in [-0.2, -0.15) is 0 Å². The van der Waals surface area contributed by atoms with Crippen LogP contribution < -0.4 is 5.32 Å². The van der Waals surface area contributed by atoms with Gasteiger partial charge in [0.1, 0.15) is 11.7 Å². The Bertz CT molecular complexity index is 396. The standard InChI is InChI=1S/C11H16N2O3/c1-7(2)13-6-4-5-9(13)10(14)12-8(3)11(15)16/h4-8H,1-3H3,(H,12,14)(H,15,16)/t8-/m0/s1. The average molecular weight is 224 g/mol. The molecule has 0 aliphatic heterocycles. The molecule has 0 aromatic carbocycles. The van der Waals surface area contributed by atoms with E-state index in [-0.39, 0.29) is 11.9 Å². The number of nitrogens with one attached hydrogen (secondary N) is 1. The number of aliphatic carboxylic acids is 1. The van der Waals surface area contributed by atoms with Gasteiger partial charge in [-0.05, 0) is 32.9 Å². The molecule has 0 saturated heterocycles. The predicted molar refractivity (Wildman–Crippen MR) is 59.4 cm³/mol. The molecule has 5 nitrogen and oxygen atoms in total. The summed E-state index contributed by atoms with van der Waals surface area (Å²) in [5, 5.41) is 11.1. The van der Waals surface area contributed by atoms with Crippen molar-refractivity contribution in [3.63, 3.8) is 0 Å². The highest BCUT2D eigenvalue weighted by Gasteiger charge is 2.18. The van der Waals surface area contributed by atoms with E-state index < -0.39 is 12.0 Å². The van der Waals surface area contributed by atoms with Crippen molar-refractivity contribution < 1.29 is 14.7 Å². The van der Waals surface area contributed by atoms with Gasteiger partial charge < -0.3 is 15.0 Å². The third-order valence-corrected chi connectivity index (χ3v) is 2.29. The SMILES string of the molecule is CC(C)n1cccc1C(=O)N[C@@H](C)C(=O)O. The number of aromatic nitrogens is 1. The fourth-order valence-electron chi connectivity index (χ4n) is 1.37. The second kappa shape index (κ2) is 4.83. The Hall–Kier alpha value is -1.78. The molecule has 0 spiro atoms. The third-order valence-electron chi connectivity index (χ3n) is 2.29. The van der Waals surface area contributed by atoms with E-state index in [1.54, 1.807) is 22.9 Å². The summed E-state index contributed by atoms with van der Waals surface area (Å²) in [6.45, 7) is 5.34. The van der Waals surface area contributed by atoms with Crippen LogP contribution >= 0.6 is 0 Å². The molecular weight excluding hydrogens is 208 g/mol. The van der Waals surface area contributed by atoms with Crippen LogP contribution in [-0.4, -0.2) is 27.6 Å². The van der Waals surface area contributed by atoms with Crippen molar-refractivity contribution in [2.45, 2.75) is 32.9 Å². The maximum absolute atomic E-state index is 11.8. The quantitative estimate of drug-likeness (QED) is 0.809. The number of carbonyl (C=O) groups excluding carboxylic acids is 1. The molecule has 16 heavy (non-hydrogen) atoms. The van der Waals surface area contributed by atoms with Gasteiger partial charge in [-0.3, -0.25) is 9.59 Å². The Morgan fingerprint density at radius 3 is 2.50 bits per heavy atom. The number of amides is 1. The Labute approximate surface area is 94.1 Å². The van der Waals surface area contributed by atoms with Crippen LogP contribution in [0.3, 0.4) is 0 Å². The molecule has 1 aromatic rings. The lowest BCUT2D eigenvalue weighted by atomic mass is 10.3. The molecule has 2 N–H and O–H groups in total. The van der Waals surface area contributed by atoms with E-state index >= 15 is 0 Å². The maximum atomic E-state index is 11.8. The summed E-state index contributed by atoms with van der Waals surface area (Å²) in [4.78, 5) is 22.4. The second-order valence-corrected chi connectivity index (χ2v) is 3.93. The van der Waals surface area contributed by atoms with E-state index in [0.717, 1.165) is 0 Å². The van der Waals surface area contributed by atoms with Gasteiger partial charge in [-0.1, -0.05) is 0 Å². The molecule has 0 aliphatic carbocycles. The summed E-state index contributed by atoms with van der Waals surface area (Å²) in [7, 11) is 0. The van der Waals surface area contributed by atoms with Crippen LogP contribution in [0.4, 0.5) is 0 Å². The first kappa shape index (κ1) is 12.3. The first-order chi connectivity index (χ1) is 7.43. The molecule has 0 bridgehead atoms. The third kappa shape index (κ3) is 2.62. The molecule has 0 aliphatic rings. The number of carboxylic acid groups (broad SMARTS) is 1. The number of rotatable bonds is 4. The zero-order valence-corrected chi connectivity index (χ0v) is 9.60. The van der Waals surface area contributed by atoms with Gasteiger partial charge in [0.2, 0.25) is 0 Å². The van der Waals surface area contributed by atoms with E-state index in [9.17, 15) is 9.59 Å². The normalized spacial score (nSPS) is 12.5. The van der Waals surface area contributed by atoms with Crippen molar-refractivity contribution in [3.05, 3.63) is 24.0 Å². The largest absolute Gasteiger partial charge is 0.480 e. The number of hydrogen-bond donors (Lipinski definition) is 2. The molecule has 0 saturated carbocycles. The van der Waals surface area contributed by atoms with Crippen LogP contribution in [0.2, 0.25) is 0 Å². The lowest BCUT2D eigenvalue weighted by Crippen LogP contribution is -2.39. The van der Waals surface area contributed by atoms with E-state index in [0.29, 0.717) is 5.69 Å². The van der Waals surface area contributed by atoms with Gasteiger partial charge >= 0.3 is 5.97 Å². The van der Waals surface area contributed by atoms with Crippen molar-refractivity contribution in [1.29, 1.82) is 0 Å². The molecule has 1 atom stereocenters. The minimum absolute atomic E-state index is 0.163. The Balaban J connectivity index is 2.81. The Morgan fingerprint density at radius 1 is 1.38 bits per heavy atom. The molecule has 1 rings (SSSR count). The van der Waals surface area contributed by atoms with Crippen molar-refractivity contribution in [3.8, 4) is 0 Å². The Kier molecular flexibility index (Phi) is 3.71. The minimum Gasteiger partial charge on any atom is -0.480 e. The number of carboxylic acids is 1. The summed E-state index contributed by atoms with van der Waals surface area (Å²) < 4.78 is 1.80. The summed E-state index contributed by atoms with van der Waals surface area (Å²) in [6.07, 6.45) is 1.80. The first-order valence-corrected chi connectivity index (χ1v) is 5.14. The second-order valence-electron chi connectivity index (χ2n) is 3.93. The molecule has 1 amide bonds. The van der Waals surface area contributed by atoms with E-state index in [1.807, 2.05) is 13.8 Å². The molecule has 0 unspecified atom stereocenters.